The number of fused-ring (bicyclic) bond motifs is 1. The fourth-order valence-electron chi connectivity index (χ4n) is 3.92. The van der Waals surface area contributed by atoms with Gasteiger partial charge in [-0.25, -0.2) is 8.42 Å². The lowest BCUT2D eigenvalue weighted by atomic mass is 9.97. The maximum Gasteiger partial charge on any atom is 0.265 e. The molecule has 8 nitrogen and oxygen atoms in total. The summed E-state index contributed by atoms with van der Waals surface area (Å²) in [6, 6.07) is 12.2. The van der Waals surface area contributed by atoms with Crippen molar-refractivity contribution in [2.45, 2.75) is 44.1 Å². The number of benzene rings is 2. The Balaban J connectivity index is 1.39. The van der Waals surface area contributed by atoms with Crippen molar-refractivity contribution in [2.75, 3.05) is 23.7 Å². The molecule has 0 spiro atoms. The van der Waals surface area contributed by atoms with Crippen molar-refractivity contribution in [3.05, 3.63) is 48.0 Å². The molecular weight excluding hydrogens is 430 g/mol. The number of rotatable bonds is 5. The van der Waals surface area contributed by atoms with Crippen LogP contribution in [0.3, 0.4) is 0 Å². The Bertz CT molecular complexity index is 1120. The van der Waals surface area contributed by atoms with Crippen molar-refractivity contribution in [1.29, 1.82) is 0 Å². The lowest BCUT2D eigenvalue weighted by Gasteiger charge is -2.31. The van der Waals surface area contributed by atoms with Crippen LogP contribution >= 0.6 is 0 Å². The zero-order valence-electron chi connectivity index (χ0n) is 18.1. The van der Waals surface area contributed by atoms with E-state index < -0.39 is 16.1 Å². The van der Waals surface area contributed by atoms with Gasteiger partial charge in [-0.05, 0) is 62.1 Å². The molecule has 0 aliphatic carbocycles. The van der Waals surface area contributed by atoms with Gasteiger partial charge < -0.3 is 15.4 Å². The van der Waals surface area contributed by atoms with E-state index in [4.69, 9.17) is 4.74 Å². The first-order chi connectivity index (χ1) is 15.3. The fourth-order valence-corrected chi connectivity index (χ4v) is 5.42. The van der Waals surface area contributed by atoms with Crippen LogP contribution in [0.25, 0.3) is 0 Å². The lowest BCUT2D eigenvalue weighted by molar-refractivity contribution is -0.123. The van der Waals surface area contributed by atoms with Gasteiger partial charge in [0, 0.05) is 24.7 Å². The Morgan fingerprint density at radius 1 is 1.16 bits per heavy atom. The second-order valence-corrected chi connectivity index (χ2v) is 10.1. The summed E-state index contributed by atoms with van der Waals surface area (Å²) < 4.78 is 33.1. The number of hydrogen-bond donors (Lipinski definition) is 2. The van der Waals surface area contributed by atoms with Crippen LogP contribution in [-0.4, -0.2) is 43.7 Å². The molecule has 0 saturated carbocycles. The highest BCUT2D eigenvalue weighted by atomic mass is 32.2. The second-order valence-electron chi connectivity index (χ2n) is 8.13. The van der Waals surface area contributed by atoms with E-state index in [0.717, 1.165) is 12.1 Å². The van der Waals surface area contributed by atoms with Crippen LogP contribution in [0.1, 0.15) is 32.3 Å². The molecule has 32 heavy (non-hydrogen) atoms. The van der Waals surface area contributed by atoms with Gasteiger partial charge >= 0.3 is 0 Å². The number of ether oxygens (including phenoxy) is 1. The molecule has 0 unspecified atom stereocenters. The first kappa shape index (κ1) is 22.3. The van der Waals surface area contributed by atoms with Crippen LogP contribution in [0.4, 0.5) is 11.4 Å². The molecule has 2 aromatic rings. The highest BCUT2D eigenvalue weighted by Crippen LogP contribution is 2.33. The smallest absolute Gasteiger partial charge is 0.265 e. The summed E-state index contributed by atoms with van der Waals surface area (Å²) >= 11 is 0. The predicted octanol–water partition coefficient (Wildman–Crippen LogP) is 3.01. The van der Waals surface area contributed by atoms with Gasteiger partial charge in [-0.1, -0.05) is 19.1 Å². The third-order valence-corrected chi connectivity index (χ3v) is 7.87. The summed E-state index contributed by atoms with van der Waals surface area (Å²) in [7, 11) is -3.75. The number of amides is 2. The van der Waals surface area contributed by atoms with E-state index in [9.17, 15) is 18.0 Å². The van der Waals surface area contributed by atoms with Gasteiger partial charge in [-0.15, -0.1) is 0 Å². The average molecular weight is 458 g/mol. The molecule has 0 bridgehead atoms. The van der Waals surface area contributed by atoms with Crippen molar-refractivity contribution in [3.8, 4) is 5.75 Å². The van der Waals surface area contributed by atoms with Crippen molar-refractivity contribution >= 4 is 33.2 Å². The highest BCUT2D eigenvalue weighted by molar-refractivity contribution is 7.89. The maximum atomic E-state index is 13.1. The number of piperidine rings is 1. The van der Waals surface area contributed by atoms with Crippen LogP contribution < -0.4 is 15.4 Å². The minimum absolute atomic E-state index is 0.0888. The molecule has 2 N–H and O–H groups in total. The summed E-state index contributed by atoms with van der Waals surface area (Å²) in [4.78, 5) is 24.6. The van der Waals surface area contributed by atoms with E-state index in [0.29, 0.717) is 24.3 Å². The number of hydrogen-bond acceptors (Lipinski definition) is 5. The molecule has 0 radical (unpaired) electrons. The lowest BCUT2D eigenvalue weighted by Crippen LogP contribution is -2.41. The zero-order valence-corrected chi connectivity index (χ0v) is 18.9. The van der Waals surface area contributed by atoms with Gasteiger partial charge in [0.05, 0.1) is 10.6 Å². The van der Waals surface area contributed by atoms with Gasteiger partial charge in [0.15, 0.2) is 6.10 Å². The molecular formula is C23H27N3O5S. The topological polar surface area (TPSA) is 105 Å². The normalized spacial score (nSPS) is 19.6. The van der Waals surface area contributed by atoms with Crippen molar-refractivity contribution in [3.63, 3.8) is 0 Å². The number of nitrogens with zero attached hydrogens (tertiary/aromatic N) is 1. The minimum Gasteiger partial charge on any atom is -0.479 e. The Morgan fingerprint density at radius 2 is 1.84 bits per heavy atom. The van der Waals surface area contributed by atoms with Crippen LogP contribution in [0, 0.1) is 5.92 Å². The first-order valence-corrected chi connectivity index (χ1v) is 12.2. The maximum absolute atomic E-state index is 13.1. The Hall–Kier alpha value is -2.91. The third kappa shape index (κ3) is 4.49. The number of aryl methyl sites for hydroxylation is 1. The second kappa shape index (κ2) is 8.91. The van der Waals surface area contributed by atoms with Gasteiger partial charge in [0.1, 0.15) is 5.75 Å². The molecule has 2 heterocycles. The number of carbonyl (C=O) groups excluding carboxylic acids is 2. The average Bonchev–Trinajstić information content (AvgIpc) is 2.80. The highest BCUT2D eigenvalue weighted by Gasteiger charge is 2.33. The van der Waals surface area contributed by atoms with E-state index in [2.05, 4.69) is 17.6 Å². The van der Waals surface area contributed by atoms with Crippen LogP contribution in [-0.2, 0) is 26.0 Å². The number of carbonyl (C=O) groups is 2. The predicted molar refractivity (Wildman–Crippen MR) is 121 cm³/mol. The number of anilines is 2. The van der Waals surface area contributed by atoms with Gasteiger partial charge in [0.25, 0.3) is 5.91 Å². The molecule has 2 aliphatic heterocycles. The standard InChI is InChI=1S/C23H27N3O5S/c1-3-16-4-6-18(7-5-16)24-23(28)17-10-12-26(13-11-17)32(29,30)19-8-9-21-20(14-19)25-22(27)15(2)31-21/h4-9,14-15,17H,3,10-13H2,1-2H3,(H,24,28)(H,25,27)/t15-/m0/s1. The monoisotopic (exact) mass is 457 g/mol. The summed E-state index contributed by atoms with van der Waals surface area (Å²) in [6.07, 6.45) is 1.20. The van der Waals surface area contributed by atoms with Crippen LogP contribution in [0.15, 0.2) is 47.4 Å². The summed E-state index contributed by atoms with van der Waals surface area (Å²) in [6.45, 7) is 4.21. The van der Waals surface area contributed by atoms with Gasteiger partial charge in [-0.3, -0.25) is 9.59 Å². The van der Waals surface area contributed by atoms with E-state index in [1.54, 1.807) is 13.0 Å². The van der Waals surface area contributed by atoms with Crippen molar-refractivity contribution in [1.82, 2.24) is 4.31 Å². The summed E-state index contributed by atoms with van der Waals surface area (Å²) in [5, 5.41) is 5.61. The molecule has 9 heteroatoms. The van der Waals surface area contributed by atoms with Gasteiger partial charge in [0.2, 0.25) is 15.9 Å². The van der Waals surface area contributed by atoms with Crippen molar-refractivity contribution in [2.24, 2.45) is 5.92 Å². The molecule has 2 aliphatic rings. The number of sulfonamides is 1. The van der Waals surface area contributed by atoms with Gasteiger partial charge in [-0.2, -0.15) is 4.31 Å². The first-order valence-electron chi connectivity index (χ1n) is 10.8. The molecule has 1 atom stereocenters. The van der Waals surface area contributed by atoms with E-state index >= 15 is 0 Å². The fraction of sp³-hybridized carbons (Fsp3) is 0.391. The Kier molecular flexibility index (Phi) is 6.21. The molecule has 2 amide bonds. The summed E-state index contributed by atoms with van der Waals surface area (Å²) in [5.41, 5.74) is 2.29. The van der Waals surface area contributed by atoms with E-state index in [1.165, 1.54) is 22.0 Å². The zero-order chi connectivity index (χ0) is 22.9. The molecule has 4 rings (SSSR count). The van der Waals surface area contributed by atoms with Crippen LogP contribution in [0.2, 0.25) is 0 Å². The number of nitrogens with one attached hydrogen (secondary N) is 2. The molecule has 170 valence electrons. The Morgan fingerprint density at radius 3 is 2.50 bits per heavy atom. The quantitative estimate of drug-likeness (QED) is 0.718. The molecule has 0 aromatic heterocycles. The largest absolute Gasteiger partial charge is 0.479 e. The molecule has 1 fully saturated rings. The van der Waals surface area contributed by atoms with Crippen molar-refractivity contribution < 1.29 is 22.7 Å². The van der Waals surface area contributed by atoms with Crippen LogP contribution in [0.5, 0.6) is 5.75 Å². The minimum atomic E-state index is -3.75. The Labute approximate surface area is 188 Å². The molecule has 1 saturated heterocycles. The van der Waals surface area contributed by atoms with E-state index in [-0.39, 0.29) is 35.7 Å². The summed E-state index contributed by atoms with van der Waals surface area (Å²) in [5.74, 6) is -0.208. The van der Waals surface area contributed by atoms with E-state index in [1.807, 2.05) is 24.3 Å². The molecule has 2 aromatic carbocycles. The SMILES string of the molecule is CCc1ccc(NC(=O)C2CCN(S(=O)(=O)c3ccc4c(c3)NC(=O)[C@H](C)O4)CC2)cc1. The third-order valence-electron chi connectivity index (χ3n) is 5.97.